The molecule has 6 aliphatic rings. The molecule has 1 spiro atoms. The summed E-state index contributed by atoms with van der Waals surface area (Å²) in [6.07, 6.45) is 0. The van der Waals surface area contributed by atoms with Gasteiger partial charge in [0.15, 0.2) is 0 Å². The van der Waals surface area contributed by atoms with Crippen molar-refractivity contribution in [2.75, 3.05) is 0 Å². The Morgan fingerprint density at radius 2 is 0.407 bits per heavy atom. The van der Waals surface area contributed by atoms with Gasteiger partial charge in [0.1, 0.15) is 0 Å². The van der Waals surface area contributed by atoms with Crippen LogP contribution < -0.4 is 0 Å². The van der Waals surface area contributed by atoms with Gasteiger partial charge in [-0.25, -0.2) is 0 Å². The zero-order valence-electron chi connectivity index (χ0n) is 29.5. The van der Waals surface area contributed by atoms with E-state index in [1.165, 1.54) is 91.0 Å². The third kappa shape index (κ3) is 2.78. The molecule has 12 rings (SSSR count). The van der Waals surface area contributed by atoms with Crippen molar-refractivity contribution in [1.29, 1.82) is 0 Å². The van der Waals surface area contributed by atoms with Crippen LogP contribution in [-0.4, -0.2) is 29.5 Å². The molecule has 6 aromatic rings. The Labute approximate surface area is 326 Å². The fraction of sp³-hybridized carbons (Fsp3) is 0.122. The second-order valence-electron chi connectivity index (χ2n) is 15.7. The minimum atomic E-state index is -1.83. The number of nitrogens with zero attached hydrogens (tertiary/aromatic N) is 6. The van der Waals surface area contributed by atoms with Gasteiger partial charge in [0.25, 0.3) is 34.1 Å². The molecule has 18 nitrogen and oxygen atoms in total. The van der Waals surface area contributed by atoms with Crippen LogP contribution >= 0.6 is 0 Å². The topological polar surface area (TPSA) is 259 Å². The highest BCUT2D eigenvalue weighted by Crippen LogP contribution is 2.99. The highest BCUT2D eigenvalue weighted by atomic mass is 16.6. The molecule has 0 radical (unpaired) electrons. The lowest BCUT2D eigenvalue weighted by Gasteiger charge is -2.51. The first-order chi connectivity index (χ1) is 28.2. The van der Waals surface area contributed by atoms with Crippen molar-refractivity contribution in [3.05, 3.63) is 237 Å². The molecule has 0 heterocycles. The van der Waals surface area contributed by atoms with Gasteiger partial charge in [-0.1, -0.05) is 36.4 Å². The number of rotatable bonds is 6. The fourth-order valence-corrected chi connectivity index (χ4v) is 13.6. The molecule has 59 heavy (non-hydrogen) atoms. The van der Waals surface area contributed by atoms with Crippen LogP contribution in [0.2, 0.25) is 0 Å². The summed E-state index contributed by atoms with van der Waals surface area (Å²) in [6, 6.07) is 25.4. The van der Waals surface area contributed by atoms with Gasteiger partial charge in [-0.15, -0.1) is 0 Å². The summed E-state index contributed by atoms with van der Waals surface area (Å²) in [5.41, 5.74) is -6.26. The molecule has 6 aromatic carbocycles. The number of nitro benzene ring substituents is 6. The van der Waals surface area contributed by atoms with Crippen molar-refractivity contribution >= 4 is 34.1 Å². The molecule has 0 amide bonds. The van der Waals surface area contributed by atoms with E-state index in [2.05, 4.69) is 0 Å². The Morgan fingerprint density at radius 1 is 0.254 bits per heavy atom. The quantitative estimate of drug-likeness (QED) is 0.118. The Bertz CT molecular complexity index is 2920. The van der Waals surface area contributed by atoms with Gasteiger partial charge >= 0.3 is 0 Å². The first kappa shape index (κ1) is 32.9. The van der Waals surface area contributed by atoms with E-state index in [9.17, 15) is 60.7 Å². The molecule has 0 aromatic heterocycles. The predicted octanol–water partition coefficient (Wildman–Crippen LogP) is 7.44. The molecule has 6 aliphatic carbocycles. The average molecular weight is 787 g/mol. The Hall–Kier alpha value is -8.28. The first-order valence-electron chi connectivity index (χ1n) is 18.0. The van der Waals surface area contributed by atoms with Crippen molar-refractivity contribution in [2.24, 2.45) is 5.41 Å². The zero-order chi connectivity index (χ0) is 41.1. The van der Waals surface area contributed by atoms with E-state index >= 15 is 0 Å². The maximum absolute atomic E-state index is 12.7. The van der Waals surface area contributed by atoms with Crippen LogP contribution in [-0.2, 0) is 21.7 Å². The summed E-state index contributed by atoms with van der Waals surface area (Å²) in [7, 11) is 0. The largest absolute Gasteiger partial charge is 0.269 e. The summed E-state index contributed by atoms with van der Waals surface area (Å²) in [5, 5.41) is 76.4. The van der Waals surface area contributed by atoms with Crippen molar-refractivity contribution in [1.82, 2.24) is 0 Å². The van der Waals surface area contributed by atoms with Gasteiger partial charge in [-0.3, -0.25) is 60.7 Å². The van der Waals surface area contributed by atoms with Gasteiger partial charge in [-0.2, -0.15) is 0 Å². The number of fused-ring (bicyclic) bond motifs is 6. The summed E-state index contributed by atoms with van der Waals surface area (Å²) in [5.74, 6) is 0. The third-order valence-corrected chi connectivity index (χ3v) is 14.4. The maximum atomic E-state index is 12.7. The number of nitro groups is 6. The molecule has 284 valence electrons. The maximum Gasteiger partial charge on any atom is 0.269 e. The minimum Gasteiger partial charge on any atom is -0.258 e. The van der Waals surface area contributed by atoms with Crippen molar-refractivity contribution in [2.45, 2.75) is 21.7 Å². The van der Waals surface area contributed by atoms with Crippen molar-refractivity contribution in [3.63, 3.8) is 0 Å². The average Bonchev–Trinajstić information content (AvgIpc) is 3.92. The molecule has 0 aliphatic heterocycles. The van der Waals surface area contributed by atoms with E-state index in [1.807, 2.05) is 0 Å². The molecular weight excluding hydrogens is 768 g/mol. The molecule has 0 bridgehead atoms. The van der Waals surface area contributed by atoms with Gasteiger partial charge in [0, 0.05) is 78.2 Å². The molecule has 0 saturated heterocycles. The molecule has 0 saturated carbocycles. The van der Waals surface area contributed by atoms with Gasteiger partial charge in [0.2, 0.25) is 0 Å². The Balaban J connectivity index is 1.48. The highest BCUT2D eigenvalue weighted by Gasteiger charge is 3.00. The summed E-state index contributed by atoms with van der Waals surface area (Å²) in [6.45, 7) is 0. The number of hydrogen-bond acceptors (Lipinski definition) is 12. The lowest BCUT2D eigenvalue weighted by molar-refractivity contribution is -0.385. The van der Waals surface area contributed by atoms with Crippen LogP contribution in [0.25, 0.3) is 0 Å². The van der Waals surface area contributed by atoms with Crippen LogP contribution in [0.15, 0.2) is 109 Å². The van der Waals surface area contributed by atoms with Gasteiger partial charge < -0.3 is 0 Å². The van der Waals surface area contributed by atoms with E-state index in [1.54, 1.807) is 18.2 Å². The predicted molar refractivity (Wildman–Crippen MR) is 201 cm³/mol. The van der Waals surface area contributed by atoms with Crippen molar-refractivity contribution < 1.29 is 29.5 Å². The minimum absolute atomic E-state index is 0.252. The monoisotopic (exact) mass is 786 g/mol. The SMILES string of the molecule is O=[N+]([O-])c1ccc2c(c1)C13c4cc([N+](=O)[O-])ccc4[C@]45c6ccc([N+](=O)[O-])cc6[C@]6(c7ccc([N+](=O)[O-])cc71)c1ccc([N+](=O)[O-])cc1[C@]2(c1ccc([N+](=O)[O-])cc14)C356. The molecule has 3 atom stereocenters. The third-order valence-electron chi connectivity index (χ3n) is 14.4. The normalized spacial score (nSPS) is 26.4. The number of hydrogen-bond donors (Lipinski definition) is 0. The van der Waals surface area contributed by atoms with Crippen LogP contribution in [0.4, 0.5) is 34.1 Å². The van der Waals surface area contributed by atoms with E-state index in [-0.39, 0.29) is 50.8 Å². The summed E-state index contributed by atoms with van der Waals surface area (Å²) < 4.78 is 0. The Kier molecular flexibility index (Phi) is 5.27. The molecule has 0 unspecified atom stereocenters. The van der Waals surface area contributed by atoms with Crippen LogP contribution in [0, 0.1) is 66.1 Å². The smallest absolute Gasteiger partial charge is 0.258 e. The molecule has 18 heteroatoms. The second-order valence-corrected chi connectivity index (χ2v) is 15.7. The molecular formula is C41H18N6O12. The number of benzene rings is 6. The van der Waals surface area contributed by atoms with E-state index in [0.29, 0.717) is 50.1 Å². The van der Waals surface area contributed by atoms with Gasteiger partial charge in [0.05, 0.1) is 51.2 Å². The van der Waals surface area contributed by atoms with Gasteiger partial charge in [-0.05, 0) is 66.8 Å². The van der Waals surface area contributed by atoms with Crippen molar-refractivity contribution in [3.8, 4) is 0 Å². The fourth-order valence-electron chi connectivity index (χ4n) is 13.6. The zero-order valence-corrected chi connectivity index (χ0v) is 29.5. The van der Waals surface area contributed by atoms with E-state index in [0.717, 1.165) is 0 Å². The Morgan fingerprint density at radius 3 is 0.559 bits per heavy atom. The first-order valence-corrected chi connectivity index (χ1v) is 18.0. The summed E-state index contributed by atoms with van der Waals surface area (Å²) >= 11 is 0. The molecule has 0 fully saturated rings. The van der Waals surface area contributed by atoms with E-state index in [4.69, 9.17) is 0 Å². The van der Waals surface area contributed by atoms with E-state index < -0.39 is 56.6 Å². The van der Waals surface area contributed by atoms with Crippen LogP contribution in [0.1, 0.15) is 66.8 Å². The lowest BCUT2D eigenvalue weighted by Crippen LogP contribution is -2.57. The number of non-ortho nitro benzene ring substituents is 6. The van der Waals surface area contributed by atoms with Crippen LogP contribution in [0.3, 0.4) is 0 Å². The standard InChI is InChI=1S/C41H18N6O12/c48-42(49)19-1-7-25-31(13-19)38-27-9-3-21(44(52)53)15-33(27)39-26-8-2-20(43(50)51)14-32(26)37(25)28-10-4-22(45(54)55)16-34(28)40(41(37,38)39,35-17-23(46(56)57)5-11-29(35)38)36-18-24(47(58)59)6-12-30(36)39/h1-18H/t37-,38-,39-,40?,41?/m1/s1. The molecule has 0 N–H and O–H groups in total. The highest BCUT2D eigenvalue weighted by molar-refractivity contribution is 6.00. The lowest BCUT2D eigenvalue weighted by atomic mass is 9.47. The second kappa shape index (κ2) is 9.46. The summed E-state index contributed by atoms with van der Waals surface area (Å²) in [4.78, 5) is 72.8. The van der Waals surface area contributed by atoms with Crippen LogP contribution in [0.5, 0.6) is 0 Å².